The Hall–Kier alpha value is -3.71. The monoisotopic (exact) mass is 513 g/mol. The van der Waals surface area contributed by atoms with Gasteiger partial charge in [0.15, 0.2) is 4.80 Å². The topological polar surface area (TPSA) is 138 Å². The Balaban J connectivity index is 1.93. The Morgan fingerprint density at radius 3 is 2.26 bits per heavy atom. The maximum atomic E-state index is 12.9. The number of carbonyl (C=O) groups is 1. The highest BCUT2D eigenvalue weighted by Gasteiger charge is 2.24. The first kappa shape index (κ1) is 25.9. The van der Waals surface area contributed by atoms with E-state index in [1.54, 1.807) is 31.9 Å². The Bertz CT molecular complexity index is 1470. The van der Waals surface area contributed by atoms with Crippen molar-refractivity contribution in [3.8, 4) is 23.6 Å². The first-order valence-electron chi connectivity index (χ1n) is 10.4. The lowest BCUT2D eigenvalue weighted by atomic mass is 10.2. The Morgan fingerprint density at radius 2 is 1.71 bits per heavy atom. The number of thiazole rings is 1. The molecule has 35 heavy (non-hydrogen) atoms. The fourth-order valence-corrected chi connectivity index (χ4v) is 5.88. The normalized spacial score (nSPS) is 11.9. The summed E-state index contributed by atoms with van der Waals surface area (Å²) < 4.78 is 40.3. The third kappa shape index (κ3) is 5.52. The van der Waals surface area contributed by atoms with E-state index in [9.17, 15) is 13.2 Å². The number of ether oxygens (including phenoxy) is 2. The Morgan fingerprint density at radius 1 is 1.09 bits per heavy atom. The zero-order valence-corrected chi connectivity index (χ0v) is 21.0. The lowest BCUT2D eigenvalue weighted by Crippen LogP contribution is -2.32. The van der Waals surface area contributed by atoms with Crippen LogP contribution in [0.25, 0.3) is 10.2 Å². The van der Waals surface area contributed by atoms with Gasteiger partial charge < -0.3 is 14.0 Å². The second kappa shape index (κ2) is 11.1. The van der Waals surface area contributed by atoms with Crippen LogP contribution in [0.3, 0.4) is 0 Å². The van der Waals surface area contributed by atoms with Crippen molar-refractivity contribution in [2.45, 2.75) is 17.7 Å². The number of hydrogen-bond acceptors (Lipinski definition) is 8. The molecule has 0 aliphatic heterocycles. The Kier molecular flexibility index (Phi) is 8.25. The van der Waals surface area contributed by atoms with Gasteiger partial charge in [-0.3, -0.25) is 4.79 Å². The van der Waals surface area contributed by atoms with E-state index >= 15 is 0 Å². The van der Waals surface area contributed by atoms with Gasteiger partial charge in [-0.2, -0.15) is 19.8 Å². The molecule has 0 aliphatic carbocycles. The lowest BCUT2D eigenvalue weighted by Gasteiger charge is -2.20. The molecule has 182 valence electrons. The van der Waals surface area contributed by atoms with E-state index in [-0.39, 0.29) is 36.4 Å². The van der Waals surface area contributed by atoms with Crippen LogP contribution in [0.15, 0.2) is 46.3 Å². The number of sulfonamides is 1. The smallest absolute Gasteiger partial charge is 0.279 e. The van der Waals surface area contributed by atoms with Crippen molar-refractivity contribution in [3.05, 3.63) is 46.8 Å². The van der Waals surface area contributed by atoms with E-state index in [0.717, 1.165) is 14.5 Å². The average molecular weight is 514 g/mol. The highest BCUT2D eigenvalue weighted by molar-refractivity contribution is 7.89. The summed E-state index contributed by atoms with van der Waals surface area (Å²) in [6.07, 6.45) is 0.00586. The number of rotatable bonds is 9. The van der Waals surface area contributed by atoms with Crippen molar-refractivity contribution in [2.75, 3.05) is 27.3 Å². The first-order valence-corrected chi connectivity index (χ1v) is 12.7. The largest absolute Gasteiger partial charge is 0.497 e. The molecule has 0 spiro atoms. The number of methoxy groups -OCH3 is 2. The van der Waals surface area contributed by atoms with E-state index in [1.165, 1.54) is 35.6 Å². The maximum absolute atomic E-state index is 12.9. The molecule has 0 aliphatic rings. The van der Waals surface area contributed by atoms with Gasteiger partial charge >= 0.3 is 0 Å². The third-order valence-corrected chi connectivity index (χ3v) is 8.17. The minimum absolute atomic E-state index is 0.00293. The highest BCUT2D eigenvalue weighted by Crippen LogP contribution is 2.32. The summed E-state index contributed by atoms with van der Waals surface area (Å²) in [7, 11) is 0.948. The van der Waals surface area contributed by atoms with Gasteiger partial charge in [0.05, 0.1) is 36.0 Å². The molecule has 2 aromatic carbocycles. The second-order valence-electron chi connectivity index (χ2n) is 7.28. The number of aromatic nitrogens is 1. The van der Waals surface area contributed by atoms with Crippen molar-refractivity contribution in [1.82, 2.24) is 8.87 Å². The van der Waals surface area contributed by atoms with Gasteiger partial charge in [-0.05, 0) is 30.3 Å². The SMILES string of the molecule is COc1cc(OC)c2c(c1)sc(=NC(=O)c1ccc(S(=O)(=O)N(CCC#N)CCC#N)cc1)n2C. The van der Waals surface area contributed by atoms with Gasteiger partial charge in [0.2, 0.25) is 10.0 Å². The summed E-state index contributed by atoms with van der Waals surface area (Å²) in [5, 5.41) is 17.6. The summed E-state index contributed by atoms with van der Waals surface area (Å²) in [6.45, 7) is -0.0412. The fraction of sp³-hybridized carbons (Fsp3) is 0.304. The summed E-state index contributed by atoms with van der Waals surface area (Å²) in [6, 6.07) is 12.8. The van der Waals surface area contributed by atoms with E-state index < -0.39 is 15.9 Å². The van der Waals surface area contributed by atoms with Gasteiger partial charge in [0, 0.05) is 44.6 Å². The van der Waals surface area contributed by atoms with Crippen molar-refractivity contribution in [2.24, 2.45) is 12.0 Å². The van der Waals surface area contributed by atoms with Gasteiger partial charge in [0.25, 0.3) is 5.91 Å². The number of carbonyl (C=O) groups excluding carboxylic acids is 1. The van der Waals surface area contributed by atoms with Gasteiger partial charge in [-0.15, -0.1) is 0 Å². The average Bonchev–Trinajstić information content (AvgIpc) is 3.18. The molecule has 0 N–H and O–H groups in total. The van der Waals surface area contributed by atoms with E-state index in [1.807, 2.05) is 18.2 Å². The molecular formula is C23H23N5O5S2. The molecule has 0 atom stereocenters. The molecule has 3 aromatic rings. The predicted octanol–water partition coefficient (Wildman–Crippen LogP) is 2.82. The van der Waals surface area contributed by atoms with Crippen molar-refractivity contribution in [1.29, 1.82) is 10.5 Å². The van der Waals surface area contributed by atoms with Crippen LogP contribution in [0, 0.1) is 22.7 Å². The van der Waals surface area contributed by atoms with Crippen LogP contribution >= 0.6 is 11.3 Å². The van der Waals surface area contributed by atoms with E-state index in [0.29, 0.717) is 16.3 Å². The van der Waals surface area contributed by atoms with Crippen LogP contribution in [0.2, 0.25) is 0 Å². The van der Waals surface area contributed by atoms with Crippen molar-refractivity contribution < 1.29 is 22.7 Å². The summed E-state index contributed by atoms with van der Waals surface area (Å²) in [4.78, 5) is 17.5. The van der Waals surface area contributed by atoms with Crippen LogP contribution < -0.4 is 14.3 Å². The van der Waals surface area contributed by atoms with Crippen LogP contribution in [0.1, 0.15) is 23.2 Å². The number of benzene rings is 2. The first-order chi connectivity index (χ1) is 16.8. The van der Waals surface area contributed by atoms with Crippen LogP contribution in [0.4, 0.5) is 0 Å². The molecule has 0 bridgehead atoms. The van der Waals surface area contributed by atoms with Gasteiger partial charge in [-0.25, -0.2) is 8.42 Å². The minimum atomic E-state index is -3.92. The molecule has 3 rings (SSSR count). The summed E-state index contributed by atoms with van der Waals surface area (Å²) >= 11 is 1.29. The zero-order chi connectivity index (χ0) is 25.6. The third-order valence-electron chi connectivity index (χ3n) is 5.17. The number of hydrogen-bond donors (Lipinski definition) is 0. The summed E-state index contributed by atoms with van der Waals surface area (Å²) in [5.74, 6) is 0.663. The fourth-order valence-electron chi connectivity index (χ4n) is 3.37. The molecule has 0 saturated carbocycles. The molecule has 0 radical (unpaired) electrons. The number of nitrogens with zero attached hydrogens (tertiary/aromatic N) is 5. The molecular weight excluding hydrogens is 490 g/mol. The Labute approximate surface area is 206 Å². The predicted molar refractivity (Wildman–Crippen MR) is 129 cm³/mol. The second-order valence-corrected chi connectivity index (χ2v) is 10.2. The number of aryl methyl sites for hydroxylation is 1. The quantitative estimate of drug-likeness (QED) is 0.429. The highest BCUT2D eigenvalue weighted by atomic mass is 32.2. The molecule has 1 aromatic heterocycles. The zero-order valence-electron chi connectivity index (χ0n) is 19.4. The molecule has 12 heteroatoms. The lowest BCUT2D eigenvalue weighted by molar-refractivity contribution is 0.0998. The maximum Gasteiger partial charge on any atom is 0.279 e. The molecule has 0 fully saturated rings. The number of fused-ring (bicyclic) bond motifs is 1. The molecule has 0 saturated heterocycles. The standard InChI is InChI=1S/C23H23N5O5S2/c1-27-21-19(33-3)14-17(32-2)15-20(21)34-23(27)26-22(29)16-6-8-18(9-7-16)35(30,31)28(12-4-10-24)13-5-11-25/h6-9,14-15H,4-5,12-13H2,1-3H3. The van der Waals surface area contributed by atoms with Crippen molar-refractivity contribution >= 4 is 37.5 Å². The molecule has 10 nitrogen and oxygen atoms in total. The van der Waals surface area contributed by atoms with E-state index in [4.69, 9.17) is 20.0 Å². The molecule has 1 heterocycles. The van der Waals surface area contributed by atoms with Gasteiger partial charge in [0.1, 0.15) is 17.0 Å². The molecule has 0 unspecified atom stereocenters. The van der Waals surface area contributed by atoms with E-state index in [2.05, 4.69) is 4.99 Å². The number of nitriles is 2. The van der Waals surface area contributed by atoms with Gasteiger partial charge in [-0.1, -0.05) is 11.3 Å². The van der Waals surface area contributed by atoms with Crippen molar-refractivity contribution in [3.63, 3.8) is 0 Å². The molecule has 1 amide bonds. The minimum Gasteiger partial charge on any atom is -0.497 e. The summed E-state index contributed by atoms with van der Waals surface area (Å²) in [5.41, 5.74) is 0.979. The van der Waals surface area contributed by atoms with Crippen LogP contribution in [0.5, 0.6) is 11.5 Å². The van der Waals surface area contributed by atoms with Crippen LogP contribution in [-0.4, -0.2) is 50.5 Å². The number of amides is 1. The van der Waals surface area contributed by atoms with Crippen LogP contribution in [-0.2, 0) is 17.1 Å².